The first kappa shape index (κ1) is 22.3. The third-order valence-corrected chi connectivity index (χ3v) is 1.86. The van der Waals surface area contributed by atoms with Crippen LogP contribution in [-0.2, 0) is 0 Å². The summed E-state index contributed by atoms with van der Waals surface area (Å²) in [6.45, 7) is 14.6. The summed E-state index contributed by atoms with van der Waals surface area (Å²) >= 11 is 0. The first-order valence-corrected chi connectivity index (χ1v) is 6.88. The molecule has 108 valence electrons. The molecule has 0 heterocycles. The van der Waals surface area contributed by atoms with Crippen molar-refractivity contribution in [1.82, 2.24) is 4.90 Å². The van der Waals surface area contributed by atoms with Crippen LogP contribution in [0.25, 0.3) is 0 Å². The number of hydrogen-bond donors (Lipinski definition) is 0. The van der Waals surface area contributed by atoms with Gasteiger partial charge in [-0.25, -0.2) is 4.39 Å². The van der Waals surface area contributed by atoms with E-state index in [4.69, 9.17) is 0 Å². The summed E-state index contributed by atoms with van der Waals surface area (Å²) in [7, 11) is 4.08. The molecule has 0 N–H and O–H groups in total. The second-order valence-electron chi connectivity index (χ2n) is 3.57. The van der Waals surface area contributed by atoms with Crippen molar-refractivity contribution < 1.29 is 4.39 Å². The molecule has 0 aromatic heterocycles. The van der Waals surface area contributed by atoms with Gasteiger partial charge in [0.1, 0.15) is 5.83 Å². The van der Waals surface area contributed by atoms with Gasteiger partial charge in [-0.05, 0) is 46.5 Å². The summed E-state index contributed by atoms with van der Waals surface area (Å²) in [4.78, 5) is 2.13. The van der Waals surface area contributed by atoms with Gasteiger partial charge in [-0.2, -0.15) is 0 Å². The lowest BCUT2D eigenvalue weighted by Gasteiger charge is -2.08. The Morgan fingerprint density at radius 1 is 1.11 bits per heavy atom. The minimum Gasteiger partial charge on any atom is -0.309 e. The Balaban J connectivity index is -0.000000506. The van der Waals surface area contributed by atoms with E-state index in [1.54, 1.807) is 13.0 Å². The van der Waals surface area contributed by atoms with Gasteiger partial charge >= 0.3 is 0 Å². The topological polar surface area (TPSA) is 3.24 Å². The van der Waals surface area contributed by atoms with Gasteiger partial charge in [0.2, 0.25) is 0 Å². The van der Waals surface area contributed by atoms with Crippen LogP contribution in [-0.4, -0.2) is 25.5 Å². The summed E-state index contributed by atoms with van der Waals surface area (Å²) in [5, 5.41) is 0. The van der Waals surface area contributed by atoms with Crippen LogP contribution in [0.3, 0.4) is 0 Å². The zero-order valence-corrected chi connectivity index (χ0v) is 13.4. The molecule has 0 aromatic carbocycles. The van der Waals surface area contributed by atoms with Gasteiger partial charge in [0.05, 0.1) is 0 Å². The van der Waals surface area contributed by atoms with Gasteiger partial charge < -0.3 is 4.90 Å². The summed E-state index contributed by atoms with van der Waals surface area (Å²) in [6, 6.07) is 0. The standard InChI is InChI=1S/C12H20FN.2C2H6/c1-5-12(13)9-8-11(2)7-6-10-14(3)4;2*1-2/h5,8-9H,2,6-7,10H2,1,3-4H3;2*1-2H3/b9-8-,12-5+;;. The van der Waals surface area contributed by atoms with Crippen LogP contribution in [0.1, 0.15) is 47.5 Å². The summed E-state index contributed by atoms with van der Waals surface area (Å²) in [6.07, 6.45) is 6.62. The molecule has 0 saturated carbocycles. The zero-order valence-electron chi connectivity index (χ0n) is 13.4. The largest absolute Gasteiger partial charge is 0.309 e. The van der Waals surface area contributed by atoms with Crippen LogP contribution >= 0.6 is 0 Å². The Hall–Kier alpha value is -0.890. The molecule has 0 rings (SSSR count). The molecule has 0 aliphatic rings. The van der Waals surface area contributed by atoms with Crippen molar-refractivity contribution in [2.75, 3.05) is 20.6 Å². The highest BCUT2D eigenvalue weighted by atomic mass is 19.1. The van der Waals surface area contributed by atoms with E-state index >= 15 is 0 Å². The molecule has 0 radical (unpaired) electrons. The first-order chi connectivity index (χ1) is 8.56. The minimum atomic E-state index is -0.209. The highest BCUT2D eigenvalue weighted by molar-refractivity contribution is 5.21. The zero-order chi connectivity index (χ0) is 15.0. The van der Waals surface area contributed by atoms with Gasteiger partial charge in [-0.3, -0.25) is 0 Å². The van der Waals surface area contributed by atoms with Gasteiger partial charge in [0.25, 0.3) is 0 Å². The lowest BCUT2D eigenvalue weighted by Crippen LogP contribution is -2.12. The SMILES string of the molecule is C=C(/C=C\C(F)=C/C)CCCN(C)C.CC.CC. The predicted molar refractivity (Wildman–Crippen MR) is 83.6 cm³/mol. The predicted octanol–water partition coefficient (Wildman–Crippen LogP) is 5.37. The van der Waals surface area contributed by atoms with Crippen molar-refractivity contribution in [3.8, 4) is 0 Å². The lowest BCUT2D eigenvalue weighted by molar-refractivity contribution is 0.401. The molecule has 0 fully saturated rings. The van der Waals surface area contributed by atoms with Crippen molar-refractivity contribution in [2.45, 2.75) is 47.5 Å². The second-order valence-corrected chi connectivity index (χ2v) is 3.57. The van der Waals surface area contributed by atoms with Crippen molar-refractivity contribution in [2.24, 2.45) is 0 Å². The Morgan fingerprint density at radius 3 is 2.00 bits per heavy atom. The molecule has 18 heavy (non-hydrogen) atoms. The fourth-order valence-corrected chi connectivity index (χ4v) is 0.999. The summed E-state index contributed by atoms with van der Waals surface area (Å²) < 4.78 is 12.7. The van der Waals surface area contributed by atoms with Gasteiger partial charge in [-0.1, -0.05) is 52.0 Å². The average molecular weight is 257 g/mol. The summed E-state index contributed by atoms with van der Waals surface area (Å²) in [5.41, 5.74) is 0.976. The van der Waals surface area contributed by atoms with E-state index in [2.05, 4.69) is 11.5 Å². The molecule has 1 nitrogen and oxygen atoms in total. The number of rotatable bonds is 6. The Bertz CT molecular complexity index is 227. The Morgan fingerprint density at radius 2 is 1.61 bits per heavy atom. The van der Waals surface area contributed by atoms with E-state index in [9.17, 15) is 4.39 Å². The Labute approximate surface area is 114 Å². The smallest absolute Gasteiger partial charge is 0.118 e. The molecule has 0 aliphatic heterocycles. The molecular formula is C16H32FN. The van der Waals surface area contributed by atoms with Crippen LogP contribution in [0, 0.1) is 0 Å². The number of hydrogen-bond acceptors (Lipinski definition) is 1. The fraction of sp³-hybridized carbons (Fsp3) is 0.625. The second kappa shape index (κ2) is 18.5. The van der Waals surface area contributed by atoms with E-state index < -0.39 is 0 Å². The number of halogens is 1. The number of allylic oxidation sites excluding steroid dienone is 5. The van der Waals surface area contributed by atoms with Crippen molar-refractivity contribution >= 4 is 0 Å². The number of nitrogens with zero attached hydrogens (tertiary/aromatic N) is 1. The van der Waals surface area contributed by atoms with Gasteiger partial charge in [-0.15, -0.1) is 0 Å². The molecule has 0 spiro atoms. The Kier molecular flexibility index (Phi) is 22.9. The fourth-order valence-electron chi connectivity index (χ4n) is 0.999. The van der Waals surface area contributed by atoms with E-state index in [0.29, 0.717) is 0 Å². The highest BCUT2D eigenvalue weighted by Crippen LogP contribution is 2.07. The monoisotopic (exact) mass is 257 g/mol. The van der Waals surface area contributed by atoms with E-state index in [0.717, 1.165) is 25.0 Å². The molecule has 0 saturated heterocycles. The molecule has 0 unspecified atom stereocenters. The minimum absolute atomic E-state index is 0.209. The van der Waals surface area contributed by atoms with E-state index in [1.807, 2.05) is 41.8 Å². The van der Waals surface area contributed by atoms with Crippen LogP contribution < -0.4 is 0 Å². The van der Waals surface area contributed by atoms with E-state index in [1.165, 1.54) is 12.2 Å². The van der Waals surface area contributed by atoms with E-state index in [-0.39, 0.29) is 5.83 Å². The van der Waals surface area contributed by atoms with Gasteiger partial charge in [0, 0.05) is 0 Å². The summed E-state index contributed by atoms with van der Waals surface area (Å²) in [5.74, 6) is -0.209. The van der Waals surface area contributed by atoms with Crippen LogP contribution in [0.5, 0.6) is 0 Å². The van der Waals surface area contributed by atoms with Crippen molar-refractivity contribution in [3.05, 3.63) is 36.2 Å². The van der Waals surface area contributed by atoms with Crippen molar-refractivity contribution in [3.63, 3.8) is 0 Å². The molecule has 0 atom stereocenters. The third-order valence-electron chi connectivity index (χ3n) is 1.86. The normalized spacial score (nSPS) is 10.6. The van der Waals surface area contributed by atoms with Crippen LogP contribution in [0.4, 0.5) is 4.39 Å². The lowest BCUT2D eigenvalue weighted by atomic mass is 10.1. The van der Waals surface area contributed by atoms with Gasteiger partial charge in [0.15, 0.2) is 0 Å². The molecule has 0 aliphatic carbocycles. The maximum atomic E-state index is 12.7. The first-order valence-electron chi connectivity index (χ1n) is 6.88. The molecular weight excluding hydrogens is 225 g/mol. The van der Waals surface area contributed by atoms with Crippen molar-refractivity contribution in [1.29, 1.82) is 0 Å². The molecule has 0 aromatic rings. The maximum absolute atomic E-state index is 12.7. The maximum Gasteiger partial charge on any atom is 0.118 e. The third kappa shape index (κ3) is 20.5. The molecule has 2 heteroatoms. The molecule has 0 amide bonds. The van der Waals surface area contributed by atoms with Crippen LogP contribution in [0.2, 0.25) is 0 Å². The highest BCUT2D eigenvalue weighted by Gasteiger charge is 1.93. The quantitative estimate of drug-likeness (QED) is 0.578. The average Bonchev–Trinajstić information content (AvgIpc) is 2.40. The molecule has 0 bridgehead atoms. The van der Waals surface area contributed by atoms with Crippen LogP contribution in [0.15, 0.2) is 36.2 Å².